The Balaban J connectivity index is 3.61. The highest BCUT2D eigenvalue weighted by atomic mass is 17.2. The molecule has 0 aliphatic rings. The molecule has 11 heavy (non-hydrogen) atoms. The zero-order valence-electron chi connectivity index (χ0n) is 7.64. The van der Waals surface area contributed by atoms with Crippen molar-refractivity contribution in [1.82, 2.24) is 0 Å². The Labute approximate surface area is 67.6 Å². The molecule has 3 heteroatoms. The number of hydrogen-bond acceptors (Lipinski definition) is 3. The maximum absolute atomic E-state index is 10.6. The first-order valence-corrected chi connectivity index (χ1v) is 3.90. The Morgan fingerprint density at radius 3 is 2.27 bits per heavy atom. The Morgan fingerprint density at radius 2 is 1.91 bits per heavy atom. The highest BCUT2D eigenvalue weighted by Gasteiger charge is 2.18. The third kappa shape index (κ3) is 4.79. The maximum atomic E-state index is 10.6. The number of hydrogen-bond donors (Lipinski definition) is 0. The van der Waals surface area contributed by atoms with Crippen molar-refractivity contribution in [2.75, 3.05) is 0 Å². The third-order valence-electron chi connectivity index (χ3n) is 1.50. The van der Waals surface area contributed by atoms with Crippen LogP contribution in [0.5, 0.6) is 0 Å². The molecule has 0 saturated carbocycles. The molecule has 0 fully saturated rings. The topological polar surface area (TPSA) is 35.5 Å². The van der Waals surface area contributed by atoms with Gasteiger partial charge in [0.05, 0.1) is 0 Å². The molecule has 0 amide bonds. The van der Waals surface area contributed by atoms with Crippen LogP contribution in [0.4, 0.5) is 0 Å². The predicted molar refractivity (Wildman–Crippen MR) is 41.8 cm³/mol. The van der Waals surface area contributed by atoms with Gasteiger partial charge in [0, 0.05) is 6.42 Å². The normalized spacial score (nSPS) is 11.3. The van der Waals surface area contributed by atoms with Crippen molar-refractivity contribution in [3.63, 3.8) is 0 Å². The van der Waals surface area contributed by atoms with Crippen molar-refractivity contribution in [3.05, 3.63) is 0 Å². The molecule has 0 saturated heterocycles. The van der Waals surface area contributed by atoms with Gasteiger partial charge in [-0.1, -0.05) is 13.8 Å². The molecule has 0 spiro atoms. The van der Waals surface area contributed by atoms with Crippen molar-refractivity contribution in [2.24, 2.45) is 0 Å². The van der Waals surface area contributed by atoms with E-state index < -0.39 is 0 Å². The van der Waals surface area contributed by atoms with Gasteiger partial charge in [-0.05, 0) is 20.3 Å². The fraction of sp³-hybridized carbons (Fsp3) is 0.875. The molecule has 0 unspecified atom stereocenters. The molecule has 0 atom stereocenters. The second kappa shape index (κ2) is 4.34. The summed E-state index contributed by atoms with van der Waals surface area (Å²) < 4.78 is 0. The van der Waals surface area contributed by atoms with Gasteiger partial charge in [-0.15, -0.1) is 0 Å². The summed E-state index contributed by atoms with van der Waals surface area (Å²) in [5, 5.41) is 0. The monoisotopic (exact) mass is 160 g/mol. The quantitative estimate of drug-likeness (QED) is 0.466. The second-order valence-electron chi connectivity index (χ2n) is 3.01. The summed E-state index contributed by atoms with van der Waals surface area (Å²) in [5.41, 5.74) is -0.370. The van der Waals surface area contributed by atoms with E-state index >= 15 is 0 Å². The Bertz CT molecular complexity index is 129. The molecule has 0 aliphatic carbocycles. The van der Waals surface area contributed by atoms with E-state index in [0.717, 1.165) is 6.42 Å². The van der Waals surface area contributed by atoms with Crippen molar-refractivity contribution < 1.29 is 14.6 Å². The summed E-state index contributed by atoms with van der Waals surface area (Å²) in [6.07, 6.45) is 1.16. The Kier molecular flexibility index (Phi) is 4.11. The van der Waals surface area contributed by atoms with Crippen molar-refractivity contribution in [1.29, 1.82) is 0 Å². The van der Waals surface area contributed by atoms with Gasteiger partial charge >= 0.3 is 5.97 Å². The van der Waals surface area contributed by atoms with E-state index in [4.69, 9.17) is 4.89 Å². The van der Waals surface area contributed by atoms with Gasteiger partial charge in [-0.2, -0.15) is 4.89 Å². The van der Waals surface area contributed by atoms with Crippen LogP contribution < -0.4 is 0 Å². The molecule has 0 aromatic heterocycles. The smallest absolute Gasteiger partial charge is 0.298 e. The lowest BCUT2D eigenvalue weighted by Crippen LogP contribution is -2.24. The molecule has 3 nitrogen and oxygen atoms in total. The number of carbonyl (C=O) groups excluding carboxylic acids is 1. The Morgan fingerprint density at radius 1 is 1.36 bits per heavy atom. The summed E-state index contributed by atoms with van der Waals surface area (Å²) >= 11 is 0. The van der Waals surface area contributed by atoms with Crippen molar-refractivity contribution in [3.8, 4) is 0 Å². The van der Waals surface area contributed by atoms with E-state index in [1.165, 1.54) is 0 Å². The predicted octanol–water partition coefficient (Wildman–Crippen LogP) is 2.06. The Hall–Kier alpha value is -0.570. The summed E-state index contributed by atoms with van der Waals surface area (Å²) in [6.45, 7) is 7.44. The van der Waals surface area contributed by atoms with Crippen LogP contribution in [-0.2, 0) is 14.6 Å². The fourth-order valence-electron chi connectivity index (χ4n) is 0.277. The molecule has 0 bridgehead atoms. The SMILES string of the molecule is CCC(=O)OOC(C)(C)CC. The van der Waals surface area contributed by atoms with Crippen LogP contribution in [0, 0.1) is 0 Å². The molecular formula is C8H16O3. The largest absolute Gasteiger partial charge is 0.342 e. The van der Waals surface area contributed by atoms with Gasteiger partial charge in [-0.3, -0.25) is 4.89 Å². The zero-order valence-corrected chi connectivity index (χ0v) is 7.64. The fourth-order valence-corrected chi connectivity index (χ4v) is 0.277. The van der Waals surface area contributed by atoms with E-state index in [2.05, 4.69) is 4.89 Å². The van der Waals surface area contributed by atoms with Gasteiger partial charge in [-0.25, -0.2) is 4.79 Å². The van der Waals surface area contributed by atoms with Gasteiger partial charge in [0.25, 0.3) is 0 Å². The molecule has 0 aromatic carbocycles. The minimum absolute atomic E-state index is 0.327. The van der Waals surface area contributed by atoms with Crippen LogP contribution in [-0.4, -0.2) is 11.6 Å². The lowest BCUT2D eigenvalue weighted by Gasteiger charge is -2.20. The van der Waals surface area contributed by atoms with Crippen LogP contribution >= 0.6 is 0 Å². The molecule has 0 rings (SSSR count). The van der Waals surface area contributed by atoms with Gasteiger partial charge < -0.3 is 0 Å². The summed E-state index contributed by atoms with van der Waals surface area (Å²) in [5.74, 6) is -0.327. The van der Waals surface area contributed by atoms with Crippen LogP contribution in [0.2, 0.25) is 0 Å². The van der Waals surface area contributed by atoms with Crippen LogP contribution in [0.25, 0.3) is 0 Å². The summed E-state index contributed by atoms with van der Waals surface area (Å²) in [7, 11) is 0. The average molecular weight is 160 g/mol. The lowest BCUT2D eigenvalue weighted by atomic mass is 10.1. The highest BCUT2D eigenvalue weighted by molar-refractivity contribution is 5.68. The number of rotatable bonds is 4. The van der Waals surface area contributed by atoms with E-state index in [-0.39, 0.29) is 11.6 Å². The first kappa shape index (κ1) is 10.4. The average Bonchev–Trinajstić information content (AvgIpc) is 2.00. The van der Waals surface area contributed by atoms with Crippen molar-refractivity contribution >= 4 is 5.97 Å². The molecule has 0 N–H and O–H groups in total. The summed E-state index contributed by atoms with van der Waals surface area (Å²) in [6, 6.07) is 0. The minimum atomic E-state index is -0.370. The third-order valence-corrected chi connectivity index (χ3v) is 1.50. The number of carbonyl (C=O) groups is 1. The van der Waals surface area contributed by atoms with Crippen LogP contribution in [0.15, 0.2) is 0 Å². The van der Waals surface area contributed by atoms with E-state index in [9.17, 15) is 4.79 Å². The molecule has 0 aliphatic heterocycles. The lowest BCUT2D eigenvalue weighted by molar-refractivity contribution is -0.325. The first-order valence-electron chi connectivity index (χ1n) is 3.90. The van der Waals surface area contributed by atoms with Crippen LogP contribution in [0.1, 0.15) is 40.5 Å². The van der Waals surface area contributed by atoms with Gasteiger partial charge in [0.15, 0.2) is 0 Å². The van der Waals surface area contributed by atoms with Crippen LogP contribution in [0.3, 0.4) is 0 Å². The van der Waals surface area contributed by atoms with Crippen molar-refractivity contribution in [2.45, 2.75) is 46.1 Å². The molecule has 66 valence electrons. The maximum Gasteiger partial charge on any atom is 0.342 e. The molecule has 0 heterocycles. The summed E-state index contributed by atoms with van der Waals surface area (Å²) in [4.78, 5) is 20.0. The standard InChI is InChI=1S/C8H16O3/c1-5-7(9)10-11-8(3,4)6-2/h5-6H2,1-4H3. The zero-order chi connectivity index (χ0) is 8.91. The molecule has 0 aromatic rings. The first-order chi connectivity index (χ1) is 5.02. The van der Waals surface area contributed by atoms with E-state index in [1.807, 2.05) is 20.8 Å². The second-order valence-corrected chi connectivity index (χ2v) is 3.01. The molecular weight excluding hydrogens is 144 g/mol. The molecule has 0 radical (unpaired) electrons. The van der Waals surface area contributed by atoms with E-state index in [1.54, 1.807) is 6.92 Å². The minimum Gasteiger partial charge on any atom is -0.298 e. The van der Waals surface area contributed by atoms with E-state index in [0.29, 0.717) is 6.42 Å². The van der Waals surface area contributed by atoms with Gasteiger partial charge in [0.1, 0.15) is 5.60 Å². The highest BCUT2D eigenvalue weighted by Crippen LogP contribution is 2.13. The van der Waals surface area contributed by atoms with Gasteiger partial charge in [0.2, 0.25) is 0 Å².